The number of rotatable bonds is 31. The molecule has 0 amide bonds. The van der Waals surface area contributed by atoms with Gasteiger partial charge in [-0.2, -0.15) is 0 Å². The van der Waals surface area contributed by atoms with Gasteiger partial charge in [0.25, 0.3) is 0 Å². The molecule has 0 spiro atoms. The quantitative estimate of drug-likeness (QED) is 0.0691. The van der Waals surface area contributed by atoms with E-state index < -0.39 is 7.82 Å². The Bertz CT molecular complexity index is 474. The highest BCUT2D eigenvalue weighted by Crippen LogP contribution is 2.43. The zero-order valence-electron chi connectivity index (χ0n) is 25.4. The first-order valence-electron chi connectivity index (χ1n) is 16.4. The molecule has 0 aromatic rings. The molecular formula is C31H66NO4P. The minimum Gasteiger partial charge on any atom is -0.303 e. The highest BCUT2D eigenvalue weighted by molar-refractivity contribution is 7.47. The number of nitrogens with zero attached hydrogens (tertiary/aromatic N) is 1. The molecular weight excluding hydrogens is 481 g/mol. The predicted octanol–water partition coefficient (Wildman–Crippen LogP) is 10.5. The normalized spacial score (nSPS) is 13.4. The van der Waals surface area contributed by atoms with Gasteiger partial charge in [-0.3, -0.25) is 9.05 Å². The lowest BCUT2D eigenvalue weighted by molar-refractivity contribution is 0.139. The van der Waals surface area contributed by atoms with E-state index in [1.54, 1.807) is 0 Å². The summed E-state index contributed by atoms with van der Waals surface area (Å²) in [6, 6.07) is 0. The van der Waals surface area contributed by atoms with Crippen LogP contribution in [-0.4, -0.2) is 42.6 Å². The smallest absolute Gasteiger partial charge is 0.303 e. The van der Waals surface area contributed by atoms with Gasteiger partial charge in [0.2, 0.25) is 0 Å². The van der Waals surface area contributed by atoms with Gasteiger partial charge in [0.15, 0.2) is 0 Å². The zero-order chi connectivity index (χ0) is 27.3. The van der Waals surface area contributed by atoms with E-state index in [-0.39, 0.29) is 6.61 Å². The van der Waals surface area contributed by atoms with Crippen LogP contribution >= 0.6 is 7.82 Å². The van der Waals surface area contributed by atoms with Gasteiger partial charge in [-0.1, -0.05) is 143 Å². The summed E-state index contributed by atoms with van der Waals surface area (Å²) in [5.41, 5.74) is 0. The van der Waals surface area contributed by atoms with Gasteiger partial charge in [0.1, 0.15) is 0 Å². The lowest BCUT2D eigenvalue weighted by atomic mass is 10.1. The first-order valence-corrected chi connectivity index (χ1v) is 17.9. The van der Waals surface area contributed by atoms with Crippen molar-refractivity contribution >= 4 is 7.82 Å². The fraction of sp³-hybridized carbons (Fsp3) is 1.00. The molecule has 5 nitrogen and oxygen atoms in total. The monoisotopic (exact) mass is 547 g/mol. The van der Waals surface area contributed by atoms with E-state index in [1.165, 1.54) is 128 Å². The Balaban J connectivity index is 4.04. The van der Waals surface area contributed by atoms with Crippen molar-refractivity contribution in [1.29, 1.82) is 0 Å². The fourth-order valence-corrected chi connectivity index (χ4v) is 5.64. The Hall–Kier alpha value is 0.0700. The lowest BCUT2D eigenvalue weighted by Gasteiger charge is -2.22. The van der Waals surface area contributed by atoms with Crippen molar-refractivity contribution in [3.05, 3.63) is 0 Å². The van der Waals surface area contributed by atoms with Gasteiger partial charge >= 0.3 is 7.82 Å². The summed E-state index contributed by atoms with van der Waals surface area (Å²) in [7, 11) is -3.92. The molecule has 0 radical (unpaired) electrons. The van der Waals surface area contributed by atoms with Crippen molar-refractivity contribution in [2.24, 2.45) is 0 Å². The molecule has 0 aromatic heterocycles. The van der Waals surface area contributed by atoms with Crippen molar-refractivity contribution in [3.8, 4) is 0 Å². The molecule has 0 aliphatic carbocycles. The molecule has 0 bridgehead atoms. The standard InChI is InChI=1S/C31H66NO4P/c1-4-7-10-13-16-19-22-25-30-35-37(33,34)36-31-26-29-32(27-23-20-17-14-11-8-5-2)28-24-21-18-15-12-9-6-3/h4-31H2,1-3H3,(H,33,34). The Labute approximate surface area is 232 Å². The van der Waals surface area contributed by atoms with E-state index in [4.69, 9.17) is 9.05 Å². The third kappa shape index (κ3) is 28.9. The summed E-state index contributed by atoms with van der Waals surface area (Å²) >= 11 is 0. The van der Waals surface area contributed by atoms with Crippen LogP contribution in [0.15, 0.2) is 0 Å². The summed E-state index contributed by atoms with van der Waals surface area (Å²) in [6.45, 7) is 10.6. The van der Waals surface area contributed by atoms with Crippen LogP contribution < -0.4 is 0 Å². The van der Waals surface area contributed by atoms with Crippen molar-refractivity contribution < 1.29 is 18.5 Å². The molecule has 0 fully saturated rings. The topological polar surface area (TPSA) is 59.0 Å². The molecule has 6 heteroatoms. The summed E-state index contributed by atoms with van der Waals surface area (Å²) < 4.78 is 22.7. The van der Waals surface area contributed by atoms with Crippen molar-refractivity contribution in [3.63, 3.8) is 0 Å². The SMILES string of the molecule is CCCCCCCCCCOP(=O)(O)OCCCN(CCCCCCCCC)CCCCCCCCC. The number of hydrogen-bond acceptors (Lipinski definition) is 4. The van der Waals surface area contributed by atoms with Gasteiger partial charge in [-0.25, -0.2) is 4.57 Å². The van der Waals surface area contributed by atoms with E-state index >= 15 is 0 Å². The van der Waals surface area contributed by atoms with Crippen molar-refractivity contribution in [2.45, 2.75) is 168 Å². The van der Waals surface area contributed by atoms with Gasteiger partial charge in [0, 0.05) is 6.54 Å². The average Bonchev–Trinajstić information content (AvgIpc) is 2.88. The van der Waals surface area contributed by atoms with Crippen LogP contribution in [0.25, 0.3) is 0 Å². The van der Waals surface area contributed by atoms with Crippen LogP contribution in [0.3, 0.4) is 0 Å². The molecule has 0 heterocycles. The lowest BCUT2D eigenvalue weighted by Crippen LogP contribution is -2.28. The third-order valence-electron chi connectivity index (χ3n) is 7.28. The second kappa shape index (κ2) is 29.1. The Morgan fingerprint density at radius 1 is 0.459 bits per heavy atom. The first kappa shape index (κ1) is 37.1. The van der Waals surface area contributed by atoms with Crippen LogP contribution in [0, 0.1) is 0 Å². The van der Waals surface area contributed by atoms with E-state index in [0.29, 0.717) is 6.61 Å². The second-order valence-corrected chi connectivity index (χ2v) is 12.5. The molecule has 1 unspecified atom stereocenters. The second-order valence-electron chi connectivity index (χ2n) is 11.0. The number of hydrogen-bond donors (Lipinski definition) is 1. The van der Waals surface area contributed by atoms with Crippen LogP contribution in [-0.2, 0) is 13.6 Å². The molecule has 1 atom stereocenters. The minimum absolute atomic E-state index is 0.287. The molecule has 1 N–H and O–H groups in total. The van der Waals surface area contributed by atoms with E-state index in [0.717, 1.165) is 38.9 Å². The zero-order valence-corrected chi connectivity index (χ0v) is 26.3. The largest absolute Gasteiger partial charge is 0.472 e. The van der Waals surface area contributed by atoms with Crippen LogP contribution in [0.1, 0.15) is 168 Å². The minimum atomic E-state index is -3.92. The molecule has 0 aliphatic heterocycles. The number of phosphoric ester groups is 1. The predicted molar refractivity (Wildman–Crippen MR) is 161 cm³/mol. The highest BCUT2D eigenvalue weighted by atomic mass is 31.2. The van der Waals surface area contributed by atoms with Gasteiger partial charge in [0.05, 0.1) is 13.2 Å². The Kier molecular flexibility index (Phi) is 29.1. The fourth-order valence-electron chi connectivity index (χ4n) is 4.84. The average molecular weight is 548 g/mol. The van der Waals surface area contributed by atoms with Crippen LogP contribution in [0.4, 0.5) is 0 Å². The Morgan fingerprint density at radius 2 is 0.757 bits per heavy atom. The van der Waals surface area contributed by atoms with Crippen molar-refractivity contribution in [2.75, 3.05) is 32.8 Å². The summed E-state index contributed by atoms with van der Waals surface area (Å²) in [5.74, 6) is 0. The summed E-state index contributed by atoms with van der Waals surface area (Å²) in [5, 5.41) is 0. The molecule has 224 valence electrons. The van der Waals surface area contributed by atoms with Gasteiger partial charge in [-0.15, -0.1) is 0 Å². The van der Waals surface area contributed by atoms with E-state index in [2.05, 4.69) is 25.7 Å². The maximum Gasteiger partial charge on any atom is 0.472 e. The summed E-state index contributed by atoms with van der Waals surface area (Å²) in [4.78, 5) is 12.5. The first-order chi connectivity index (χ1) is 18.1. The molecule has 0 saturated heterocycles. The molecule has 0 rings (SSSR count). The number of unbranched alkanes of at least 4 members (excludes halogenated alkanes) is 19. The summed E-state index contributed by atoms with van der Waals surface area (Å²) in [6.07, 6.45) is 28.9. The Morgan fingerprint density at radius 3 is 1.16 bits per heavy atom. The number of phosphoric acid groups is 1. The van der Waals surface area contributed by atoms with Crippen LogP contribution in [0.5, 0.6) is 0 Å². The molecule has 0 aliphatic rings. The molecule has 37 heavy (non-hydrogen) atoms. The van der Waals surface area contributed by atoms with E-state index in [1.807, 2.05) is 0 Å². The maximum absolute atomic E-state index is 12.2. The van der Waals surface area contributed by atoms with Gasteiger partial charge < -0.3 is 9.79 Å². The highest BCUT2D eigenvalue weighted by Gasteiger charge is 2.20. The van der Waals surface area contributed by atoms with Gasteiger partial charge in [-0.05, 0) is 38.8 Å². The third-order valence-corrected chi connectivity index (χ3v) is 8.30. The van der Waals surface area contributed by atoms with Crippen molar-refractivity contribution in [1.82, 2.24) is 4.90 Å². The molecule has 0 saturated carbocycles. The van der Waals surface area contributed by atoms with Crippen LogP contribution in [0.2, 0.25) is 0 Å². The van der Waals surface area contributed by atoms with E-state index in [9.17, 15) is 9.46 Å². The molecule has 0 aromatic carbocycles. The maximum atomic E-state index is 12.2.